The molecule has 57 heavy (non-hydrogen) atoms. The van der Waals surface area contributed by atoms with E-state index < -0.39 is 48.3 Å². The van der Waals surface area contributed by atoms with Crippen LogP contribution in [0.4, 0.5) is 0 Å². The second kappa shape index (κ2) is 12.5. The number of hydrogen-bond acceptors (Lipinski definition) is 1. The largest absolute Gasteiger partial charge is 0.456 e. The Morgan fingerprint density at radius 2 is 0.912 bits per heavy atom. The van der Waals surface area contributed by atoms with Gasteiger partial charge in [0.25, 0.3) is 0 Å². The van der Waals surface area contributed by atoms with Gasteiger partial charge in [0, 0.05) is 10.8 Å². The van der Waals surface area contributed by atoms with Crippen molar-refractivity contribution in [2.75, 3.05) is 0 Å². The van der Waals surface area contributed by atoms with Crippen molar-refractivity contribution in [1.29, 1.82) is 0 Å². The molecule has 0 aliphatic carbocycles. The summed E-state index contributed by atoms with van der Waals surface area (Å²) >= 11 is 0. The fraction of sp³-hybridized carbons (Fsp3) is 0. The van der Waals surface area contributed by atoms with E-state index in [0.717, 1.165) is 32.7 Å². The van der Waals surface area contributed by atoms with Gasteiger partial charge in [-0.15, -0.1) is 0 Å². The Morgan fingerprint density at radius 3 is 1.67 bits per heavy atom. The Bertz CT molecular complexity index is 4220. The second-order valence-corrected chi connectivity index (χ2v) is 14.2. The van der Waals surface area contributed by atoms with Gasteiger partial charge in [0.2, 0.25) is 0 Å². The molecule has 12 rings (SSSR count). The number of rotatable bonds is 4. The van der Waals surface area contributed by atoms with Gasteiger partial charge in [-0.05, 0) is 129 Å². The lowest BCUT2D eigenvalue weighted by Gasteiger charge is -2.20. The highest BCUT2D eigenvalue weighted by atomic mass is 16.3. The Kier molecular flexibility index (Phi) is 4.87. The topological polar surface area (TPSA) is 13.1 Å². The summed E-state index contributed by atoms with van der Waals surface area (Å²) in [6.45, 7) is 0. The molecule has 0 saturated heterocycles. The maximum Gasteiger partial charge on any atom is 0.136 e. The molecule has 11 aromatic carbocycles. The molecule has 1 heterocycles. The Hall–Kier alpha value is -7.48. The third kappa shape index (κ3) is 4.96. The normalized spacial score (nSPS) is 14.8. The van der Waals surface area contributed by atoms with E-state index in [1.807, 2.05) is 54.6 Å². The lowest BCUT2D eigenvalue weighted by molar-refractivity contribution is 0.669. The van der Waals surface area contributed by atoms with Crippen LogP contribution in [-0.2, 0) is 0 Å². The van der Waals surface area contributed by atoms with E-state index in [0.29, 0.717) is 60.4 Å². The molecule has 1 heteroatoms. The average molecular weight is 735 g/mol. The Labute approximate surface area is 346 Å². The van der Waals surface area contributed by atoms with Crippen LogP contribution in [0.2, 0.25) is 0 Å². The van der Waals surface area contributed by atoms with E-state index in [-0.39, 0.29) is 51.5 Å². The summed E-state index contributed by atoms with van der Waals surface area (Å²) in [7, 11) is 0. The van der Waals surface area contributed by atoms with E-state index in [1.54, 1.807) is 42.5 Å². The van der Waals surface area contributed by atoms with Gasteiger partial charge in [-0.2, -0.15) is 0 Å². The summed E-state index contributed by atoms with van der Waals surface area (Å²) in [5.74, 6) is 0. The predicted molar refractivity (Wildman–Crippen MR) is 243 cm³/mol. The van der Waals surface area contributed by atoms with Crippen LogP contribution < -0.4 is 0 Å². The quantitative estimate of drug-likeness (QED) is 0.164. The van der Waals surface area contributed by atoms with Gasteiger partial charge in [-0.3, -0.25) is 0 Å². The monoisotopic (exact) mass is 734 g/mol. The second-order valence-electron chi connectivity index (χ2n) is 14.2. The SMILES string of the molecule is [2H]c1c([2H])c([2H])c2c([2H])c([2H])c(-c3cccc4oc5ccc(-c6ccc7ccccc7c6)cc5c34)cc2c1-c1c2ccccc2c(-c2c([2H])c([2H])c([2H])c3c([2H])c([2H])c([2H])c([2H])c23)c2ccccc12. The fourth-order valence-electron chi connectivity index (χ4n) is 8.58. The molecule has 0 unspecified atom stereocenters. The van der Waals surface area contributed by atoms with E-state index in [1.165, 1.54) is 0 Å². The summed E-state index contributed by atoms with van der Waals surface area (Å²) in [5.41, 5.74) is 5.29. The van der Waals surface area contributed by atoms with Gasteiger partial charge in [0.05, 0.1) is 16.4 Å². The first-order chi connectivity index (χ1) is 33.3. The van der Waals surface area contributed by atoms with Crippen LogP contribution in [0.5, 0.6) is 0 Å². The van der Waals surface area contributed by atoms with Crippen molar-refractivity contribution < 1.29 is 20.9 Å². The minimum atomic E-state index is -0.556. The zero-order valence-corrected chi connectivity index (χ0v) is 30.1. The van der Waals surface area contributed by atoms with Crippen LogP contribution >= 0.6 is 0 Å². The van der Waals surface area contributed by atoms with Crippen molar-refractivity contribution in [3.8, 4) is 44.5 Å². The molecule has 1 aromatic heterocycles. The molecule has 0 saturated carbocycles. The fourth-order valence-corrected chi connectivity index (χ4v) is 8.58. The van der Waals surface area contributed by atoms with E-state index in [4.69, 9.17) is 12.6 Å². The zero-order valence-electron chi connectivity index (χ0n) is 42.1. The number of benzene rings is 11. The number of furan rings is 1. The molecule has 12 aromatic rings. The van der Waals surface area contributed by atoms with Crippen LogP contribution in [0.1, 0.15) is 16.4 Å². The van der Waals surface area contributed by atoms with Crippen LogP contribution in [0.3, 0.4) is 0 Å². The van der Waals surface area contributed by atoms with Gasteiger partial charge in [-0.25, -0.2) is 0 Å². The lowest BCUT2D eigenvalue weighted by atomic mass is 9.83. The molecule has 0 atom stereocenters. The van der Waals surface area contributed by atoms with Gasteiger partial charge in [0.1, 0.15) is 11.2 Å². The van der Waals surface area contributed by atoms with Crippen LogP contribution in [0.15, 0.2) is 210 Å². The predicted octanol–water partition coefficient (Wildman–Crippen LogP) is 16.0. The van der Waals surface area contributed by atoms with Gasteiger partial charge in [-0.1, -0.05) is 176 Å². The summed E-state index contributed by atoms with van der Waals surface area (Å²) < 4.78 is 116. The molecule has 0 radical (unpaired) electrons. The molecule has 0 N–H and O–H groups in total. The van der Waals surface area contributed by atoms with Crippen LogP contribution in [-0.4, -0.2) is 0 Å². The summed E-state index contributed by atoms with van der Waals surface area (Å²) in [5, 5.41) is 5.90. The summed E-state index contributed by atoms with van der Waals surface area (Å²) in [6.07, 6.45) is 0. The van der Waals surface area contributed by atoms with E-state index in [9.17, 15) is 8.22 Å². The summed E-state index contributed by atoms with van der Waals surface area (Å²) in [4.78, 5) is 0. The molecule has 0 bridgehead atoms. The average Bonchev–Trinajstić information content (AvgIpc) is 3.75. The molecule has 0 fully saturated rings. The van der Waals surface area contributed by atoms with Crippen molar-refractivity contribution in [2.24, 2.45) is 0 Å². The highest BCUT2D eigenvalue weighted by Crippen LogP contribution is 2.47. The molecule has 0 aliphatic heterocycles. The number of fused-ring (bicyclic) bond motifs is 8. The van der Waals surface area contributed by atoms with Crippen molar-refractivity contribution in [1.82, 2.24) is 0 Å². The molecular weight excluding hydrogens is 689 g/mol. The third-order valence-corrected chi connectivity index (χ3v) is 11.1. The molecule has 1 nitrogen and oxygen atoms in total. The minimum Gasteiger partial charge on any atom is -0.456 e. The van der Waals surface area contributed by atoms with Crippen molar-refractivity contribution in [2.45, 2.75) is 0 Å². The maximum absolute atomic E-state index is 9.69. The Morgan fingerprint density at radius 1 is 0.316 bits per heavy atom. The molecule has 264 valence electrons. The van der Waals surface area contributed by atoms with E-state index in [2.05, 4.69) is 36.4 Å². The van der Waals surface area contributed by atoms with Crippen molar-refractivity contribution >= 4 is 75.8 Å². The maximum atomic E-state index is 9.69. The van der Waals surface area contributed by atoms with Gasteiger partial charge < -0.3 is 4.42 Å². The van der Waals surface area contributed by atoms with Gasteiger partial charge in [0.15, 0.2) is 0 Å². The Balaban J connectivity index is 1.18. The molecule has 0 aliphatic rings. The first-order valence-corrected chi connectivity index (χ1v) is 18.7. The van der Waals surface area contributed by atoms with Crippen molar-refractivity contribution in [3.05, 3.63) is 206 Å². The smallest absolute Gasteiger partial charge is 0.136 e. The number of hydrogen-bond donors (Lipinski definition) is 0. The highest BCUT2D eigenvalue weighted by molar-refractivity contribution is 6.25. The standard InChI is InChI=1S/C56H34O/c1-2-14-38-32-39(28-26-35(38)12-1)40-30-31-52-51(33-40)56-43(22-11-25-53(56)57-52)41-29-27-37-16-10-24-49(50(37)34-41)55-47-20-7-5-18-45(47)54(46-19-6-8-21-48(46)55)44-23-9-15-36-13-3-4-17-42(36)44/h1-34H/i3D,4D,9D,10D,13D,15D,16D,17D,23D,24D,27D,29D. The van der Waals surface area contributed by atoms with Crippen LogP contribution in [0, 0.1) is 0 Å². The first kappa shape index (κ1) is 22.2. The minimum absolute atomic E-state index is 0.0279. The summed E-state index contributed by atoms with van der Waals surface area (Å²) in [6, 6.07) is 37.2. The van der Waals surface area contributed by atoms with Crippen molar-refractivity contribution in [3.63, 3.8) is 0 Å². The molecule has 0 amide bonds. The molecular formula is C56H34O. The van der Waals surface area contributed by atoms with Gasteiger partial charge >= 0.3 is 0 Å². The van der Waals surface area contributed by atoms with E-state index >= 15 is 0 Å². The lowest BCUT2D eigenvalue weighted by Crippen LogP contribution is -1.92. The molecule has 0 spiro atoms. The third-order valence-electron chi connectivity index (χ3n) is 11.1. The highest BCUT2D eigenvalue weighted by Gasteiger charge is 2.20. The first-order valence-electron chi connectivity index (χ1n) is 24.7. The van der Waals surface area contributed by atoms with Crippen LogP contribution in [0.25, 0.3) is 120 Å². The zero-order chi connectivity index (χ0) is 47.9.